The predicted octanol–water partition coefficient (Wildman–Crippen LogP) is 1.45. The minimum atomic E-state index is -1.70. The molecular formula is C6H15O3SSi. The van der Waals surface area contributed by atoms with Gasteiger partial charge in [-0.1, -0.05) is 6.04 Å². The Kier molecular flexibility index (Phi) is 6.26. The quantitative estimate of drug-likeness (QED) is 0.600. The summed E-state index contributed by atoms with van der Waals surface area (Å²) in [6, 6.07) is 0.935. The van der Waals surface area contributed by atoms with Crippen molar-refractivity contribution < 1.29 is 12.5 Å². The van der Waals surface area contributed by atoms with Gasteiger partial charge in [0.1, 0.15) is 0 Å². The van der Waals surface area contributed by atoms with Crippen LogP contribution in [0.2, 0.25) is 6.04 Å². The van der Waals surface area contributed by atoms with E-state index in [2.05, 4.69) is 10.2 Å². The maximum atomic E-state index is 5.16. The molecule has 0 aromatic heterocycles. The molecule has 3 radical (unpaired) electrons. The molecule has 0 saturated carbocycles. The molecular weight excluding hydrogens is 180 g/mol. The Hall–Kier alpha value is 0.447. The molecule has 0 fully saturated rings. The van der Waals surface area contributed by atoms with Crippen molar-refractivity contribution in [2.24, 2.45) is 0 Å². The first-order chi connectivity index (χ1) is 5.24. The smallest absolute Gasteiger partial charge is 0.0879 e. The Morgan fingerprint density at radius 3 is 1.82 bits per heavy atom. The van der Waals surface area contributed by atoms with E-state index in [1.807, 2.05) is 0 Å². The lowest BCUT2D eigenvalue weighted by Gasteiger charge is -2.33. The second kappa shape index (κ2) is 6.02. The highest BCUT2D eigenvalue weighted by Gasteiger charge is 2.21. The van der Waals surface area contributed by atoms with Crippen molar-refractivity contribution in [3.8, 4) is 0 Å². The molecule has 0 amide bonds. The van der Waals surface area contributed by atoms with E-state index in [1.165, 1.54) is 0 Å². The fourth-order valence-corrected chi connectivity index (χ4v) is 2.54. The van der Waals surface area contributed by atoms with E-state index in [9.17, 15) is 0 Å². The van der Waals surface area contributed by atoms with Gasteiger partial charge in [-0.25, -0.2) is 0 Å². The summed E-state index contributed by atoms with van der Waals surface area (Å²) in [6.07, 6.45) is 0.988. The molecule has 3 nitrogen and oxygen atoms in total. The Balaban J connectivity index is 3.84. The summed E-state index contributed by atoms with van der Waals surface area (Å²) >= 11 is 0. The highest BCUT2D eigenvalue weighted by Crippen LogP contribution is 2.49. The SMILES string of the molecule is COS(CCC[Si])(OC)OC. The first-order valence-electron chi connectivity index (χ1n) is 3.37. The molecule has 0 heterocycles. The lowest BCUT2D eigenvalue weighted by molar-refractivity contribution is 0.248. The average Bonchev–Trinajstić information content (AvgIpc) is 2.08. The van der Waals surface area contributed by atoms with Crippen LogP contribution in [-0.2, 0) is 12.5 Å². The first kappa shape index (κ1) is 11.4. The Bertz CT molecular complexity index is 89.6. The van der Waals surface area contributed by atoms with Crippen LogP contribution >= 0.6 is 10.9 Å². The summed E-state index contributed by atoms with van der Waals surface area (Å²) in [4.78, 5) is 0. The van der Waals surface area contributed by atoms with Crippen molar-refractivity contribution in [1.82, 2.24) is 0 Å². The van der Waals surface area contributed by atoms with E-state index in [-0.39, 0.29) is 0 Å². The van der Waals surface area contributed by atoms with Gasteiger partial charge >= 0.3 is 0 Å². The molecule has 0 spiro atoms. The van der Waals surface area contributed by atoms with Crippen molar-refractivity contribution in [2.75, 3.05) is 27.1 Å². The number of hydrogen-bond donors (Lipinski definition) is 0. The van der Waals surface area contributed by atoms with Crippen molar-refractivity contribution in [3.05, 3.63) is 0 Å². The fourth-order valence-electron chi connectivity index (χ4n) is 0.703. The molecule has 67 valence electrons. The molecule has 0 unspecified atom stereocenters. The predicted molar refractivity (Wildman–Crippen MR) is 48.7 cm³/mol. The lowest BCUT2D eigenvalue weighted by Crippen LogP contribution is -2.10. The molecule has 0 atom stereocenters. The molecule has 0 N–H and O–H groups in total. The van der Waals surface area contributed by atoms with E-state index >= 15 is 0 Å². The van der Waals surface area contributed by atoms with Crippen molar-refractivity contribution >= 4 is 21.1 Å². The van der Waals surface area contributed by atoms with Gasteiger partial charge in [0.2, 0.25) is 0 Å². The Morgan fingerprint density at radius 1 is 1.09 bits per heavy atom. The van der Waals surface area contributed by atoms with Crippen molar-refractivity contribution in [1.29, 1.82) is 0 Å². The van der Waals surface area contributed by atoms with Gasteiger partial charge in [0, 0.05) is 16.0 Å². The van der Waals surface area contributed by atoms with E-state index in [4.69, 9.17) is 12.5 Å². The molecule has 0 rings (SSSR count). The van der Waals surface area contributed by atoms with Gasteiger partial charge in [-0.15, -0.1) is 0 Å². The molecule has 0 aliphatic heterocycles. The van der Waals surface area contributed by atoms with E-state index in [0.29, 0.717) is 0 Å². The molecule has 0 aromatic carbocycles. The fraction of sp³-hybridized carbons (Fsp3) is 1.00. The van der Waals surface area contributed by atoms with Crippen molar-refractivity contribution in [2.45, 2.75) is 12.5 Å². The van der Waals surface area contributed by atoms with E-state index in [1.54, 1.807) is 21.3 Å². The summed E-state index contributed by atoms with van der Waals surface area (Å²) in [5.41, 5.74) is 0. The first-order valence-corrected chi connectivity index (χ1v) is 5.65. The van der Waals surface area contributed by atoms with Crippen LogP contribution in [0.3, 0.4) is 0 Å². The topological polar surface area (TPSA) is 27.7 Å². The zero-order chi connectivity index (χ0) is 8.74. The Morgan fingerprint density at radius 2 is 1.55 bits per heavy atom. The molecule has 0 aromatic rings. The summed E-state index contributed by atoms with van der Waals surface area (Å²) in [5.74, 6) is 0.806. The van der Waals surface area contributed by atoms with Crippen LogP contribution in [0.5, 0.6) is 0 Å². The van der Waals surface area contributed by atoms with Gasteiger partial charge in [0.15, 0.2) is 0 Å². The van der Waals surface area contributed by atoms with Gasteiger partial charge in [0.25, 0.3) is 0 Å². The van der Waals surface area contributed by atoms with Gasteiger partial charge in [-0.3, -0.25) is 12.5 Å². The highest BCUT2D eigenvalue weighted by molar-refractivity contribution is 8.21. The third-order valence-corrected chi connectivity index (χ3v) is 4.00. The zero-order valence-corrected chi connectivity index (χ0v) is 9.07. The van der Waals surface area contributed by atoms with Crippen molar-refractivity contribution in [3.63, 3.8) is 0 Å². The van der Waals surface area contributed by atoms with Gasteiger partial charge in [-0.2, -0.15) is 0 Å². The highest BCUT2D eigenvalue weighted by atomic mass is 32.3. The van der Waals surface area contributed by atoms with Crippen LogP contribution in [0.1, 0.15) is 6.42 Å². The summed E-state index contributed by atoms with van der Waals surface area (Å²) in [7, 11) is 6.50. The normalized spacial score (nSPS) is 13.5. The summed E-state index contributed by atoms with van der Waals surface area (Å²) in [5, 5.41) is 0. The van der Waals surface area contributed by atoms with Gasteiger partial charge in [-0.05, 0) is 6.42 Å². The van der Waals surface area contributed by atoms with Crippen LogP contribution in [-0.4, -0.2) is 37.3 Å². The lowest BCUT2D eigenvalue weighted by atomic mass is 10.6. The number of rotatable bonds is 6. The van der Waals surface area contributed by atoms with E-state index in [0.717, 1.165) is 18.2 Å². The van der Waals surface area contributed by atoms with Gasteiger partial charge < -0.3 is 0 Å². The van der Waals surface area contributed by atoms with Crippen LogP contribution in [0.4, 0.5) is 0 Å². The maximum Gasteiger partial charge on any atom is 0.0879 e. The van der Waals surface area contributed by atoms with Crippen LogP contribution in [0.15, 0.2) is 0 Å². The zero-order valence-electron chi connectivity index (χ0n) is 7.25. The van der Waals surface area contributed by atoms with Crippen LogP contribution in [0.25, 0.3) is 0 Å². The average molecular weight is 195 g/mol. The molecule has 0 aliphatic carbocycles. The third kappa shape index (κ3) is 3.57. The minimum Gasteiger partial charge on any atom is -0.296 e. The molecule has 0 saturated heterocycles. The summed E-state index contributed by atoms with van der Waals surface area (Å²) < 4.78 is 15.5. The minimum absolute atomic E-state index is 0.806. The third-order valence-electron chi connectivity index (χ3n) is 1.33. The monoisotopic (exact) mass is 195 g/mol. The number of hydrogen-bond acceptors (Lipinski definition) is 3. The molecule has 5 heteroatoms. The molecule has 11 heavy (non-hydrogen) atoms. The maximum absolute atomic E-state index is 5.16. The Labute approximate surface area is 73.8 Å². The largest absolute Gasteiger partial charge is 0.296 e. The standard InChI is InChI=1S/C6H15O3SSi/c1-7-10(8-2,9-3)5-4-6-11/h4-6H2,1-3H3. The molecule has 0 bridgehead atoms. The van der Waals surface area contributed by atoms with Gasteiger partial charge in [0.05, 0.1) is 32.2 Å². The molecule has 0 aliphatic rings. The second-order valence-corrected chi connectivity index (χ2v) is 4.89. The van der Waals surface area contributed by atoms with Crippen LogP contribution < -0.4 is 0 Å². The second-order valence-electron chi connectivity index (χ2n) is 1.87. The van der Waals surface area contributed by atoms with E-state index < -0.39 is 10.9 Å². The summed E-state index contributed by atoms with van der Waals surface area (Å²) in [6.45, 7) is 0. The van der Waals surface area contributed by atoms with Crippen LogP contribution in [0, 0.1) is 0 Å².